The molecule has 1 fully saturated rings. The molecule has 1 aromatic carbocycles. The Labute approximate surface area is 179 Å². The van der Waals surface area contributed by atoms with Crippen molar-refractivity contribution < 1.29 is 13.9 Å². The number of halogens is 1. The molecule has 1 aliphatic carbocycles. The maximum Gasteiger partial charge on any atom is 0.308 e. The van der Waals surface area contributed by atoms with Crippen molar-refractivity contribution in [3.8, 4) is 22.5 Å². The number of imidazole rings is 1. The van der Waals surface area contributed by atoms with E-state index in [0.717, 1.165) is 59.2 Å². The summed E-state index contributed by atoms with van der Waals surface area (Å²) in [6.45, 7) is 0. The second-order valence-corrected chi connectivity index (χ2v) is 7.98. The number of H-pyrrole nitrogens is 1. The lowest BCUT2D eigenvalue weighted by Crippen LogP contribution is -2.24. The van der Waals surface area contributed by atoms with Gasteiger partial charge in [-0.3, -0.25) is 4.79 Å². The maximum absolute atomic E-state index is 13.5. The van der Waals surface area contributed by atoms with E-state index in [4.69, 9.17) is 9.72 Å². The number of nitrogens with one attached hydrogen (secondary N) is 1. The molecule has 1 aliphatic rings. The van der Waals surface area contributed by atoms with Crippen molar-refractivity contribution in [1.82, 2.24) is 19.5 Å². The van der Waals surface area contributed by atoms with E-state index >= 15 is 0 Å². The summed E-state index contributed by atoms with van der Waals surface area (Å²) >= 11 is 0. The summed E-state index contributed by atoms with van der Waals surface area (Å²) in [5.41, 5.74) is 4.49. The number of nitrogens with zero attached hydrogens (tertiary/aromatic N) is 3. The Hall–Kier alpha value is -3.48. The Bertz CT molecular complexity index is 1220. The van der Waals surface area contributed by atoms with Crippen LogP contribution in [0, 0.1) is 11.7 Å². The summed E-state index contributed by atoms with van der Waals surface area (Å²) in [5, 5.41) is 1.01. The molecular weight excluding hydrogens is 395 g/mol. The first-order valence-corrected chi connectivity index (χ1v) is 10.5. The molecule has 1 N–H and O–H groups in total. The van der Waals surface area contributed by atoms with Crippen LogP contribution in [0.4, 0.5) is 4.39 Å². The standard InChI is InChI=1S/C24H23FN4O2/c1-31-24(30)16-4-8-18(9-5-16)29-14-28-21(15-2-6-17(25)7-3-15)22(29)19-10-12-26-23-20(19)11-13-27-23/h2-3,6-7,10-14,16,18H,4-5,8-9H2,1H3,(H,26,27)/t16-,18-. The predicted octanol–water partition coefficient (Wildman–Crippen LogP) is 5.14. The van der Waals surface area contributed by atoms with Crippen molar-refractivity contribution in [1.29, 1.82) is 0 Å². The highest BCUT2D eigenvalue weighted by atomic mass is 19.1. The molecule has 7 heteroatoms. The molecule has 1 saturated carbocycles. The fourth-order valence-corrected chi connectivity index (χ4v) is 4.65. The second kappa shape index (κ2) is 7.98. The molecule has 0 radical (unpaired) electrons. The molecule has 158 valence electrons. The first-order valence-electron chi connectivity index (χ1n) is 10.5. The lowest BCUT2D eigenvalue weighted by molar-refractivity contribution is -0.146. The largest absolute Gasteiger partial charge is 0.469 e. The summed E-state index contributed by atoms with van der Waals surface area (Å²) < 4.78 is 20.7. The Morgan fingerprint density at radius 1 is 1.10 bits per heavy atom. The van der Waals surface area contributed by atoms with E-state index in [1.165, 1.54) is 19.2 Å². The minimum atomic E-state index is -0.275. The van der Waals surface area contributed by atoms with E-state index in [-0.39, 0.29) is 23.7 Å². The van der Waals surface area contributed by atoms with E-state index in [9.17, 15) is 9.18 Å². The number of carbonyl (C=O) groups excluding carboxylic acids is 1. The van der Waals surface area contributed by atoms with Gasteiger partial charge in [-0.05, 0) is 62.1 Å². The Morgan fingerprint density at radius 3 is 2.61 bits per heavy atom. The van der Waals surface area contributed by atoms with Crippen molar-refractivity contribution in [3.63, 3.8) is 0 Å². The third-order valence-electron chi connectivity index (χ3n) is 6.25. The van der Waals surface area contributed by atoms with Crippen molar-refractivity contribution in [3.05, 3.63) is 60.9 Å². The van der Waals surface area contributed by atoms with Gasteiger partial charge in [0.15, 0.2) is 0 Å². The van der Waals surface area contributed by atoms with Crippen LogP contribution in [0.15, 0.2) is 55.1 Å². The van der Waals surface area contributed by atoms with Crippen molar-refractivity contribution in [2.45, 2.75) is 31.7 Å². The molecule has 6 nitrogen and oxygen atoms in total. The van der Waals surface area contributed by atoms with E-state index in [0.29, 0.717) is 0 Å². The van der Waals surface area contributed by atoms with E-state index in [1.54, 1.807) is 18.3 Å². The van der Waals surface area contributed by atoms with Gasteiger partial charge in [-0.25, -0.2) is 14.4 Å². The number of ether oxygens (including phenoxy) is 1. The van der Waals surface area contributed by atoms with Crippen LogP contribution in [-0.2, 0) is 9.53 Å². The molecule has 0 saturated heterocycles. The molecule has 3 heterocycles. The van der Waals surface area contributed by atoms with Gasteiger partial charge in [0.05, 0.1) is 30.7 Å². The summed E-state index contributed by atoms with van der Waals surface area (Å²) in [6.07, 6.45) is 8.85. The highest BCUT2D eigenvalue weighted by Gasteiger charge is 2.30. The van der Waals surface area contributed by atoms with Gasteiger partial charge in [0.1, 0.15) is 11.5 Å². The third kappa shape index (κ3) is 3.50. The number of carbonyl (C=O) groups is 1. The Morgan fingerprint density at radius 2 is 1.87 bits per heavy atom. The van der Waals surface area contributed by atoms with Crippen molar-refractivity contribution in [2.75, 3.05) is 7.11 Å². The van der Waals surface area contributed by atoms with Crippen LogP contribution in [-0.4, -0.2) is 32.6 Å². The number of benzene rings is 1. The second-order valence-electron chi connectivity index (χ2n) is 7.98. The van der Waals surface area contributed by atoms with Crippen molar-refractivity contribution in [2.24, 2.45) is 5.92 Å². The third-order valence-corrected chi connectivity index (χ3v) is 6.25. The van der Waals surface area contributed by atoms with Gasteiger partial charge in [-0.2, -0.15) is 0 Å². The monoisotopic (exact) mass is 418 g/mol. The number of hydrogen-bond acceptors (Lipinski definition) is 4. The zero-order valence-electron chi connectivity index (χ0n) is 17.2. The van der Waals surface area contributed by atoms with Gasteiger partial charge in [0.25, 0.3) is 0 Å². The molecule has 0 atom stereocenters. The number of aromatic amines is 1. The summed E-state index contributed by atoms with van der Waals surface area (Å²) in [5.74, 6) is -0.440. The molecule has 3 aromatic heterocycles. The number of fused-ring (bicyclic) bond motifs is 1. The van der Waals surface area contributed by atoms with E-state index in [1.807, 2.05) is 24.7 Å². The summed E-state index contributed by atoms with van der Waals surface area (Å²) in [6, 6.07) is 10.7. The van der Waals surface area contributed by atoms with Gasteiger partial charge in [0.2, 0.25) is 0 Å². The molecular formula is C24H23FN4O2. The fraction of sp³-hybridized carbons (Fsp3) is 0.292. The van der Waals surface area contributed by atoms with Crippen molar-refractivity contribution >= 4 is 17.0 Å². The number of pyridine rings is 1. The van der Waals surface area contributed by atoms with Crippen LogP contribution in [0.3, 0.4) is 0 Å². The molecule has 0 bridgehead atoms. The van der Waals surface area contributed by atoms with Crippen LogP contribution in [0.1, 0.15) is 31.7 Å². The number of aromatic nitrogens is 4. The zero-order chi connectivity index (χ0) is 21.4. The van der Waals surface area contributed by atoms with E-state index in [2.05, 4.69) is 14.5 Å². The van der Waals surface area contributed by atoms with Gasteiger partial charge >= 0.3 is 5.97 Å². The summed E-state index contributed by atoms with van der Waals surface area (Å²) in [4.78, 5) is 24.3. The minimum absolute atomic E-state index is 0.0397. The molecule has 0 amide bonds. The Balaban J connectivity index is 1.60. The van der Waals surface area contributed by atoms with Crippen LogP contribution in [0.2, 0.25) is 0 Å². The average Bonchev–Trinajstić information content (AvgIpc) is 3.46. The molecule has 5 rings (SSSR count). The Kier molecular flexibility index (Phi) is 5.02. The van der Waals surface area contributed by atoms with Gasteiger partial charge in [-0.15, -0.1) is 0 Å². The molecule has 4 aromatic rings. The quantitative estimate of drug-likeness (QED) is 0.466. The zero-order valence-corrected chi connectivity index (χ0v) is 17.2. The first-order chi connectivity index (χ1) is 15.2. The fourth-order valence-electron chi connectivity index (χ4n) is 4.65. The highest BCUT2D eigenvalue weighted by Crippen LogP contribution is 2.40. The number of methoxy groups -OCH3 is 1. The van der Waals surface area contributed by atoms with Gasteiger partial charge < -0.3 is 14.3 Å². The SMILES string of the molecule is COC(=O)[C@H]1CC[C@H](n2cnc(-c3ccc(F)cc3)c2-c2ccnc3[nH]ccc23)CC1. The van der Waals surface area contributed by atoms with Gasteiger partial charge in [-0.1, -0.05) is 0 Å². The minimum Gasteiger partial charge on any atom is -0.469 e. The highest BCUT2D eigenvalue weighted by molar-refractivity contribution is 5.95. The van der Waals surface area contributed by atoms with Gasteiger partial charge in [0, 0.05) is 34.9 Å². The maximum atomic E-state index is 13.5. The average molecular weight is 418 g/mol. The topological polar surface area (TPSA) is 72.8 Å². The van der Waals surface area contributed by atoms with Crippen LogP contribution in [0.25, 0.3) is 33.5 Å². The number of esters is 1. The summed E-state index contributed by atoms with van der Waals surface area (Å²) in [7, 11) is 1.45. The van der Waals surface area contributed by atoms with Crippen LogP contribution in [0.5, 0.6) is 0 Å². The smallest absolute Gasteiger partial charge is 0.308 e. The lowest BCUT2D eigenvalue weighted by Gasteiger charge is -2.29. The molecule has 31 heavy (non-hydrogen) atoms. The van der Waals surface area contributed by atoms with Crippen LogP contribution >= 0.6 is 0 Å². The van der Waals surface area contributed by atoms with Crippen LogP contribution < -0.4 is 0 Å². The molecule has 0 aliphatic heterocycles. The van der Waals surface area contributed by atoms with E-state index < -0.39 is 0 Å². The number of hydrogen-bond donors (Lipinski definition) is 1. The normalized spacial score (nSPS) is 18.9. The molecule has 0 unspecified atom stereocenters. The lowest BCUT2D eigenvalue weighted by atomic mass is 9.85. The predicted molar refractivity (Wildman–Crippen MR) is 116 cm³/mol. The number of rotatable bonds is 4. The molecule has 0 spiro atoms. The first kappa shape index (κ1) is 19.5.